The van der Waals surface area contributed by atoms with Crippen LogP contribution < -0.4 is 9.47 Å². The maximum Gasteiger partial charge on any atom is 0.420 e. The number of hydrogen-bond acceptors (Lipinski definition) is 3. The molecule has 1 aliphatic rings. The van der Waals surface area contributed by atoms with E-state index < -0.39 is 29.0 Å². The smallest absolute Gasteiger partial charge is 0.420 e. The summed E-state index contributed by atoms with van der Waals surface area (Å²) < 4.78 is 48.6. The second-order valence-corrected chi connectivity index (χ2v) is 3.70. The minimum Gasteiger partial charge on any atom is -0.490 e. The van der Waals surface area contributed by atoms with Crippen molar-refractivity contribution < 1.29 is 32.5 Å². The molecule has 0 atom stereocenters. The Balaban J connectivity index is 2.62. The molecular weight excluding hydrogens is 253 g/mol. The first-order chi connectivity index (χ1) is 8.39. The van der Waals surface area contributed by atoms with Gasteiger partial charge >= 0.3 is 12.1 Å². The van der Waals surface area contributed by atoms with Crippen molar-refractivity contribution in [2.75, 3.05) is 13.2 Å². The van der Waals surface area contributed by atoms with Crippen LogP contribution >= 0.6 is 0 Å². The van der Waals surface area contributed by atoms with Gasteiger partial charge in [0.2, 0.25) is 0 Å². The first kappa shape index (κ1) is 12.5. The number of fused-ring (bicyclic) bond motifs is 1. The van der Waals surface area contributed by atoms with Crippen molar-refractivity contribution >= 4 is 5.97 Å². The first-order valence-corrected chi connectivity index (χ1v) is 5.13. The van der Waals surface area contributed by atoms with Gasteiger partial charge < -0.3 is 14.6 Å². The van der Waals surface area contributed by atoms with Gasteiger partial charge in [0.1, 0.15) is 5.56 Å². The van der Waals surface area contributed by atoms with Crippen molar-refractivity contribution in [2.45, 2.75) is 12.6 Å². The summed E-state index contributed by atoms with van der Waals surface area (Å²) >= 11 is 0. The van der Waals surface area contributed by atoms with Crippen LogP contribution in [0.3, 0.4) is 0 Å². The zero-order chi connectivity index (χ0) is 13.3. The number of aromatic carboxylic acids is 1. The van der Waals surface area contributed by atoms with Gasteiger partial charge in [0.15, 0.2) is 11.5 Å². The van der Waals surface area contributed by atoms with Crippen LogP contribution in [0.4, 0.5) is 13.2 Å². The van der Waals surface area contributed by atoms with Crippen LogP contribution in [0.5, 0.6) is 11.5 Å². The molecule has 1 N–H and O–H groups in total. The fraction of sp³-hybridized carbons (Fsp3) is 0.364. The third kappa shape index (κ3) is 2.34. The number of ether oxygens (including phenoxy) is 2. The molecule has 0 amide bonds. The Morgan fingerprint density at radius 3 is 2.50 bits per heavy atom. The minimum atomic E-state index is -4.69. The topological polar surface area (TPSA) is 55.8 Å². The number of alkyl halides is 3. The predicted octanol–water partition coefficient (Wildman–Crippen LogP) is 2.56. The Hall–Kier alpha value is -1.92. The highest BCUT2D eigenvalue weighted by molar-refractivity contribution is 5.89. The lowest BCUT2D eigenvalue weighted by atomic mass is 10.1. The maximum atomic E-state index is 12.8. The van der Waals surface area contributed by atoms with E-state index in [2.05, 4.69) is 0 Å². The number of halogens is 3. The van der Waals surface area contributed by atoms with E-state index in [9.17, 15) is 18.0 Å². The third-order valence-corrected chi connectivity index (χ3v) is 2.40. The number of hydrogen-bond donors (Lipinski definition) is 1. The molecule has 0 saturated carbocycles. The number of benzene rings is 1. The lowest BCUT2D eigenvalue weighted by Crippen LogP contribution is -2.11. The van der Waals surface area contributed by atoms with Crippen molar-refractivity contribution in [1.82, 2.24) is 0 Å². The Morgan fingerprint density at radius 2 is 1.89 bits per heavy atom. The molecule has 0 unspecified atom stereocenters. The molecule has 7 heteroatoms. The molecule has 98 valence electrons. The monoisotopic (exact) mass is 262 g/mol. The number of rotatable bonds is 1. The van der Waals surface area contributed by atoms with E-state index in [0.717, 1.165) is 6.07 Å². The highest BCUT2D eigenvalue weighted by Gasteiger charge is 2.37. The molecule has 1 heterocycles. The maximum absolute atomic E-state index is 12.8. The van der Waals surface area contributed by atoms with Crippen molar-refractivity contribution in [3.63, 3.8) is 0 Å². The van der Waals surface area contributed by atoms with E-state index in [-0.39, 0.29) is 19.0 Å². The number of carboxylic acids is 1. The van der Waals surface area contributed by atoms with Gasteiger partial charge in [0.25, 0.3) is 0 Å². The number of carbonyl (C=O) groups is 1. The van der Waals surface area contributed by atoms with E-state index >= 15 is 0 Å². The predicted molar refractivity (Wildman–Crippen MR) is 54.0 cm³/mol. The zero-order valence-electron chi connectivity index (χ0n) is 9.08. The molecule has 1 aliphatic heterocycles. The molecule has 0 aliphatic carbocycles. The van der Waals surface area contributed by atoms with Gasteiger partial charge in [-0.1, -0.05) is 0 Å². The normalized spacial score (nSPS) is 15.1. The molecule has 0 spiro atoms. The van der Waals surface area contributed by atoms with Crippen LogP contribution in [-0.2, 0) is 6.18 Å². The van der Waals surface area contributed by atoms with E-state index in [1.807, 2.05) is 0 Å². The Morgan fingerprint density at radius 1 is 1.22 bits per heavy atom. The van der Waals surface area contributed by atoms with E-state index in [4.69, 9.17) is 14.6 Å². The molecular formula is C11H9F3O4. The van der Waals surface area contributed by atoms with Gasteiger partial charge in [-0.25, -0.2) is 4.79 Å². The molecule has 0 fully saturated rings. The van der Waals surface area contributed by atoms with Gasteiger partial charge in [-0.2, -0.15) is 13.2 Å². The summed E-state index contributed by atoms with van der Waals surface area (Å²) in [6, 6.07) is 1.59. The molecule has 0 bridgehead atoms. The Kier molecular flexibility index (Phi) is 3.06. The van der Waals surface area contributed by atoms with Crippen molar-refractivity contribution in [2.24, 2.45) is 0 Å². The van der Waals surface area contributed by atoms with Crippen LogP contribution in [0, 0.1) is 0 Å². The van der Waals surface area contributed by atoms with E-state index in [1.54, 1.807) is 0 Å². The minimum absolute atomic E-state index is 0.0997. The van der Waals surface area contributed by atoms with Crippen LogP contribution in [-0.4, -0.2) is 24.3 Å². The van der Waals surface area contributed by atoms with Crippen LogP contribution in [0.2, 0.25) is 0 Å². The summed E-state index contributed by atoms with van der Waals surface area (Å²) in [6.07, 6.45) is -4.25. The van der Waals surface area contributed by atoms with Crippen molar-refractivity contribution in [3.8, 4) is 11.5 Å². The fourth-order valence-corrected chi connectivity index (χ4v) is 1.61. The largest absolute Gasteiger partial charge is 0.490 e. The molecule has 1 aromatic carbocycles. The molecule has 0 aromatic heterocycles. The van der Waals surface area contributed by atoms with Gasteiger partial charge in [-0.05, 0) is 12.1 Å². The summed E-state index contributed by atoms with van der Waals surface area (Å²) in [7, 11) is 0. The Labute approximate surface area is 99.9 Å². The summed E-state index contributed by atoms with van der Waals surface area (Å²) in [4.78, 5) is 10.8. The average Bonchev–Trinajstić information content (AvgIpc) is 2.50. The van der Waals surface area contributed by atoms with E-state index in [0.29, 0.717) is 12.5 Å². The van der Waals surface area contributed by atoms with Gasteiger partial charge in [0.05, 0.1) is 18.8 Å². The molecule has 0 radical (unpaired) electrons. The highest BCUT2D eigenvalue weighted by Crippen LogP contribution is 2.43. The molecule has 4 nitrogen and oxygen atoms in total. The molecule has 0 saturated heterocycles. The Bertz CT molecular complexity index is 482. The quantitative estimate of drug-likeness (QED) is 0.845. The average molecular weight is 262 g/mol. The van der Waals surface area contributed by atoms with Crippen molar-refractivity contribution in [1.29, 1.82) is 0 Å². The summed E-state index contributed by atoms with van der Waals surface area (Å²) in [5.41, 5.74) is -1.61. The molecule has 18 heavy (non-hydrogen) atoms. The summed E-state index contributed by atoms with van der Waals surface area (Å²) in [5.74, 6) is -2.07. The lowest BCUT2D eigenvalue weighted by Gasteiger charge is -2.15. The molecule has 2 rings (SSSR count). The van der Waals surface area contributed by atoms with E-state index in [1.165, 1.54) is 0 Å². The first-order valence-electron chi connectivity index (χ1n) is 5.13. The fourth-order valence-electron chi connectivity index (χ4n) is 1.61. The van der Waals surface area contributed by atoms with Crippen LogP contribution in [0.15, 0.2) is 12.1 Å². The van der Waals surface area contributed by atoms with Crippen LogP contribution in [0.1, 0.15) is 22.3 Å². The zero-order valence-corrected chi connectivity index (χ0v) is 9.08. The van der Waals surface area contributed by atoms with Crippen molar-refractivity contribution in [3.05, 3.63) is 23.3 Å². The summed E-state index contributed by atoms with van der Waals surface area (Å²) in [6.45, 7) is 0.288. The number of carboxylic acid groups (broad SMARTS) is 1. The third-order valence-electron chi connectivity index (χ3n) is 2.40. The lowest BCUT2D eigenvalue weighted by molar-refractivity contribution is -0.139. The second kappa shape index (κ2) is 4.40. The standard InChI is InChI=1S/C11H9F3O4/c12-11(13,14)7-4-6(10(15)16)5-8-9(7)18-3-1-2-17-8/h4-5H,1-3H2,(H,15,16). The molecule has 1 aromatic rings. The van der Waals surface area contributed by atoms with Crippen LogP contribution in [0.25, 0.3) is 0 Å². The summed E-state index contributed by atoms with van der Waals surface area (Å²) in [5, 5.41) is 8.78. The van der Waals surface area contributed by atoms with Gasteiger partial charge in [-0.15, -0.1) is 0 Å². The van der Waals surface area contributed by atoms with Gasteiger partial charge in [0, 0.05) is 6.42 Å². The highest BCUT2D eigenvalue weighted by atomic mass is 19.4. The van der Waals surface area contributed by atoms with Gasteiger partial charge in [-0.3, -0.25) is 0 Å². The SMILES string of the molecule is O=C(O)c1cc2c(c(C(F)(F)F)c1)OCCCO2. The second-order valence-electron chi connectivity index (χ2n) is 3.70.